The van der Waals surface area contributed by atoms with Gasteiger partial charge < -0.3 is 10.5 Å². The molecular formula is C16H20N2OS2. The first-order valence-corrected chi connectivity index (χ1v) is 9.14. The standard InChI is InChI=1S/C16H20N2OS2/c1-2-20-13-5-3-12(4-6-13)15-18-14(11-21-15)16(17)7-9-19-10-8-16/h3-6,11H,2,7-10,17H2,1H3. The van der Waals surface area contributed by atoms with E-state index < -0.39 is 0 Å². The van der Waals surface area contributed by atoms with Crippen LogP contribution in [0.15, 0.2) is 34.5 Å². The zero-order valence-electron chi connectivity index (χ0n) is 12.2. The van der Waals surface area contributed by atoms with Crippen molar-refractivity contribution < 1.29 is 4.74 Å². The molecular weight excluding hydrogens is 300 g/mol. The van der Waals surface area contributed by atoms with Crippen molar-refractivity contribution in [3.63, 3.8) is 0 Å². The first-order valence-electron chi connectivity index (χ1n) is 7.27. The van der Waals surface area contributed by atoms with Gasteiger partial charge in [0.2, 0.25) is 0 Å². The van der Waals surface area contributed by atoms with Crippen LogP contribution in [0.1, 0.15) is 25.5 Å². The molecule has 0 amide bonds. The third-order valence-electron chi connectivity index (χ3n) is 3.81. The second-order valence-corrected chi connectivity index (χ2v) is 7.46. The van der Waals surface area contributed by atoms with Crippen LogP contribution in [-0.4, -0.2) is 24.0 Å². The van der Waals surface area contributed by atoms with E-state index in [2.05, 4.69) is 36.6 Å². The molecule has 0 bridgehead atoms. The summed E-state index contributed by atoms with van der Waals surface area (Å²) in [6.07, 6.45) is 1.70. The van der Waals surface area contributed by atoms with Crippen molar-refractivity contribution in [2.45, 2.75) is 30.2 Å². The molecule has 2 N–H and O–H groups in total. The number of thioether (sulfide) groups is 1. The summed E-state index contributed by atoms with van der Waals surface area (Å²) in [5.41, 5.74) is 8.36. The highest BCUT2D eigenvalue weighted by Crippen LogP contribution is 2.33. The molecule has 1 saturated heterocycles. The lowest BCUT2D eigenvalue weighted by molar-refractivity contribution is 0.0510. The SMILES string of the molecule is CCSc1ccc(-c2nc(C3(N)CCOCC3)cs2)cc1. The molecule has 0 aliphatic carbocycles. The van der Waals surface area contributed by atoms with Crippen LogP contribution in [0, 0.1) is 0 Å². The fourth-order valence-corrected chi connectivity index (χ4v) is 4.08. The third kappa shape index (κ3) is 3.31. The van der Waals surface area contributed by atoms with Crippen LogP contribution >= 0.6 is 23.1 Å². The predicted molar refractivity (Wildman–Crippen MR) is 89.9 cm³/mol. The van der Waals surface area contributed by atoms with E-state index in [1.165, 1.54) is 10.5 Å². The summed E-state index contributed by atoms with van der Waals surface area (Å²) in [6, 6.07) is 8.62. The molecule has 1 aromatic heterocycles. The van der Waals surface area contributed by atoms with E-state index in [-0.39, 0.29) is 5.54 Å². The summed E-state index contributed by atoms with van der Waals surface area (Å²) in [7, 11) is 0. The Morgan fingerprint density at radius 2 is 2.00 bits per heavy atom. The van der Waals surface area contributed by atoms with Crippen LogP contribution in [0.3, 0.4) is 0 Å². The maximum absolute atomic E-state index is 6.50. The van der Waals surface area contributed by atoms with Crippen molar-refractivity contribution in [2.24, 2.45) is 5.73 Å². The number of benzene rings is 1. The number of aromatic nitrogens is 1. The van der Waals surface area contributed by atoms with Gasteiger partial charge in [0.05, 0.1) is 11.2 Å². The Hall–Kier alpha value is -0.880. The van der Waals surface area contributed by atoms with E-state index in [9.17, 15) is 0 Å². The molecule has 2 aromatic rings. The van der Waals surface area contributed by atoms with Gasteiger partial charge in [0.15, 0.2) is 0 Å². The van der Waals surface area contributed by atoms with Crippen molar-refractivity contribution in [1.82, 2.24) is 4.98 Å². The lowest BCUT2D eigenvalue weighted by atomic mass is 9.88. The number of rotatable bonds is 4. The Bertz CT molecular complexity index is 589. The molecule has 21 heavy (non-hydrogen) atoms. The zero-order valence-corrected chi connectivity index (χ0v) is 13.8. The summed E-state index contributed by atoms with van der Waals surface area (Å²) in [6.45, 7) is 3.62. The van der Waals surface area contributed by atoms with Gasteiger partial charge in [-0.05, 0) is 30.7 Å². The van der Waals surface area contributed by atoms with Crippen LogP contribution in [-0.2, 0) is 10.3 Å². The van der Waals surface area contributed by atoms with Crippen LogP contribution in [0.5, 0.6) is 0 Å². The van der Waals surface area contributed by atoms with Crippen molar-refractivity contribution in [2.75, 3.05) is 19.0 Å². The topological polar surface area (TPSA) is 48.1 Å². The minimum Gasteiger partial charge on any atom is -0.381 e. The quantitative estimate of drug-likeness (QED) is 0.868. The molecule has 0 spiro atoms. The summed E-state index contributed by atoms with van der Waals surface area (Å²) < 4.78 is 5.41. The van der Waals surface area contributed by atoms with Gasteiger partial charge in [-0.25, -0.2) is 4.98 Å². The van der Waals surface area contributed by atoms with E-state index in [1.807, 2.05) is 11.8 Å². The summed E-state index contributed by atoms with van der Waals surface area (Å²) in [5.74, 6) is 1.10. The van der Waals surface area contributed by atoms with Crippen LogP contribution in [0.25, 0.3) is 10.6 Å². The molecule has 2 heterocycles. The minimum atomic E-state index is -0.314. The Balaban J connectivity index is 1.80. The predicted octanol–water partition coefficient (Wildman–Crippen LogP) is 3.89. The van der Waals surface area contributed by atoms with Crippen LogP contribution in [0.2, 0.25) is 0 Å². The Morgan fingerprint density at radius 1 is 1.29 bits per heavy atom. The van der Waals surface area contributed by atoms with Gasteiger partial charge in [-0.3, -0.25) is 0 Å². The van der Waals surface area contributed by atoms with Gasteiger partial charge in [-0.2, -0.15) is 0 Å². The van der Waals surface area contributed by atoms with Crippen molar-refractivity contribution in [1.29, 1.82) is 0 Å². The molecule has 0 saturated carbocycles. The number of nitrogens with zero attached hydrogens (tertiary/aromatic N) is 1. The maximum atomic E-state index is 6.50. The molecule has 0 radical (unpaired) electrons. The zero-order chi connectivity index (χ0) is 14.7. The lowest BCUT2D eigenvalue weighted by Crippen LogP contribution is -2.42. The van der Waals surface area contributed by atoms with Gasteiger partial charge in [-0.15, -0.1) is 23.1 Å². The minimum absolute atomic E-state index is 0.314. The molecule has 1 aromatic carbocycles. The largest absolute Gasteiger partial charge is 0.381 e. The highest BCUT2D eigenvalue weighted by molar-refractivity contribution is 7.99. The summed E-state index contributed by atoms with van der Waals surface area (Å²) in [5, 5.41) is 3.16. The highest BCUT2D eigenvalue weighted by atomic mass is 32.2. The van der Waals surface area contributed by atoms with Crippen molar-refractivity contribution in [3.05, 3.63) is 35.3 Å². The number of thiazole rings is 1. The number of ether oxygens (including phenoxy) is 1. The number of hydrogen-bond donors (Lipinski definition) is 1. The van der Waals surface area contributed by atoms with Gasteiger partial charge in [0.1, 0.15) is 5.01 Å². The molecule has 5 heteroatoms. The van der Waals surface area contributed by atoms with Gasteiger partial charge in [0, 0.05) is 29.1 Å². The molecule has 1 aliphatic heterocycles. The van der Waals surface area contributed by atoms with Gasteiger partial charge >= 0.3 is 0 Å². The fraction of sp³-hybridized carbons (Fsp3) is 0.438. The van der Waals surface area contributed by atoms with Gasteiger partial charge in [0.25, 0.3) is 0 Å². The Kier molecular flexibility index (Phi) is 4.64. The average Bonchev–Trinajstić information content (AvgIpc) is 3.00. The second-order valence-electron chi connectivity index (χ2n) is 5.26. The first-order chi connectivity index (χ1) is 10.2. The maximum Gasteiger partial charge on any atom is 0.123 e. The Labute approximate surface area is 133 Å². The Morgan fingerprint density at radius 3 is 2.67 bits per heavy atom. The molecule has 1 aliphatic rings. The molecule has 0 unspecified atom stereocenters. The third-order valence-corrected chi connectivity index (χ3v) is 5.60. The van der Waals surface area contributed by atoms with E-state index in [0.29, 0.717) is 0 Å². The smallest absolute Gasteiger partial charge is 0.123 e. The molecule has 1 fully saturated rings. The number of nitrogens with two attached hydrogens (primary N) is 1. The molecule has 3 nitrogen and oxygen atoms in total. The van der Waals surface area contributed by atoms with Crippen LogP contribution in [0.4, 0.5) is 0 Å². The lowest BCUT2D eigenvalue weighted by Gasteiger charge is -2.31. The monoisotopic (exact) mass is 320 g/mol. The fourth-order valence-electron chi connectivity index (χ4n) is 2.49. The van der Waals surface area contributed by atoms with Crippen molar-refractivity contribution >= 4 is 23.1 Å². The van der Waals surface area contributed by atoms with Gasteiger partial charge in [-0.1, -0.05) is 19.1 Å². The molecule has 3 rings (SSSR count). The number of hydrogen-bond acceptors (Lipinski definition) is 5. The van der Waals surface area contributed by atoms with Crippen LogP contribution < -0.4 is 5.73 Å². The average molecular weight is 320 g/mol. The molecule has 0 atom stereocenters. The summed E-state index contributed by atoms with van der Waals surface area (Å²) >= 11 is 3.53. The summed E-state index contributed by atoms with van der Waals surface area (Å²) in [4.78, 5) is 6.09. The van der Waals surface area contributed by atoms with E-state index in [0.717, 1.165) is 42.5 Å². The normalized spacial score (nSPS) is 17.8. The first kappa shape index (κ1) is 15.0. The molecule has 112 valence electrons. The van der Waals surface area contributed by atoms with E-state index >= 15 is 0 Å². The second kappa shape index (κ2) is 6.48. The van der Waals surface area contributed by atoms with Crippen molar-refractivity contribution in [3.8, 4) is 10.6 Å². The van der Waals surface area contributed by atoms with E-state index in [1.54, 1.807) is 11.3 Å². The van der Waals surface area contributed by atoms with E-state index in [4.69, 9.17) is 15.5 Å². The highest BCUT2D eigenvalue weighted by Gasteiger charge is 2.32.